The van der Waals surface area contributed by atoms with Gasteiger partial charge in [-0.2, -0.15) is 0 Å². The maximum absolute atomic E-state index is 14.5. The molecule has 2 saturated heterocycles. The molecule has 3 amide bonds. The molecule has 0 bridgehead atoms. The SMILES string of the molecule is COc1cccc(N2C(=O)[C@@H]3[C@H](Cc4c[nH]c5ccccc45)N[C@@]4(C(=O)Nc5ccc(F)cc54)[C@H]3C2=O)c1. The molecule has 4 heterocycles. The minimum absolute atomic E-state index is 0.340. The minimum atomic E-state index is -1.58. The van der Waals surface area contributed by atoms with E-state index in [2.05, 4.69) is 15.6 Å². The van der Waals surface area contributed by atoms with E-state index in [0.717, 1.165) is 21.4 Å². The molecule has 2 fully saturated rings. The maximum atomic E-state index is 14.5. The highest BCUT2D eigenvalue weighted by molar-refractivity contribution is 6.25. The van der Waals surface area contributed by atoms with Gasteiger partial charge in [0.25, 0.3) is 0 Å². The second-order valence-corrected chi connectivity index (χ2v) is 9.98. The third kappa shape index (κ3) is 2.96. The number of H-pyrrole nitrogens is 1. The predicted molar refractivity (Wildman–Crippen MR) is 138 cm³/mol. The van der Waals surface area contributed by atoms with Gasteiger partial charge in [-0.15, -0.1) is 0 Å². The lowest BCUT2D eigenvalue weighted by atomic mass is 9.76. The Morgan fingerprint density at radius 2 is 1.84 bits per heavy atom. The third-order valence-electron chi connectivity index (χ3n) is 8.10. The Morgan fingerprint density at radius 3 is 2.68 bits per heavy atom. The van der Waals surface area contributed by atoms with Gasteiger partial charge in [0.05, 0.1) is 24.6 Å². The molecule has 3 N–H and O–H groups in total. The average molecular weight is 511 g/mol. The molecule has 190 valence electrons. The fourth-order valence-electron chi connectivity index (χ4n) is 6.49. The van der Waals surface area contributed by atoms with Crippen molar-refractivity contribution in [2.45, 2.75) is 18.0 Å². The van der Waals surface area contributed by atoms with Crippen LogP contribution in [0.2, 0.25) is 0 Å². The number of hydrogen-bond acceptors (Lipinski definition) is 5. The zero-order chi connectivity index (χ0) is 26.2. The molecule has 0 saturated carbocycles. The molecule has 3 aromatic carbocycles. The second kappa shape index (κ2) is 8.00. The van der Waals surface area contributed by atoms with E-state index in [9.17, 15) is 18.8 Å². The minimum Gasteiger partial charge on any atom is -0.497 e. The number of carbonyl (C=O) groups excluding carboxylic acids is 3. The van der Waals surface area contributed by atoms with Crippen molar-refractivity contribution < 1.29 is 23.5 Å². The number of carbonyl (C=O) groups is 3. The summed E-state index contributed by atoms with van der Waals surface area (Å²) in [5.74, 6) is -3.31. The van der Waals surface area contributed by atoms with Crippen molar-refractivity contribution in [2.75, 3.05) is 17.3 Å². The highest BCUT2D eigenvalue weighted by Gasteiger charge is 2.70. The molecule has 3 aliphatic heterocycles. The number of fused-ring (bicyclic) bond motifs is 5. The van der Waals surface area contributed by atoms with Gasteiger partial charge in [0.15, 0.2) is 0 Å². The summed E-state index contributed by atoms with van der Waals surface area (Å²) >= 11 is 0. The Balaban J connectivity index is 1.38. The lowest BCUT2D eigenvalue weighted by molar-refractivity contribution is -0.130. The zero-order valence-electron chi connectivity index (χ0n) is 20.3. The first-order chi connectivity index (χ1) is 18.4. The standard InChI is InChI=1S/C29H23FN4O4/c1-38-18-6-4-5-17(13-18)34-26(35)24-23(11-15-14-31-21-8-3-2-7-19(15)21)33-29(25(24)27(34)36)20-12-16(30)9-10-22(20)32-28(29)37/h2-10,12-14,23-25,31,33H,11H2,1H3,(H,32,37)/t23-,24+,25+,29+/m0/s1. The molecule has 1 aromatic heterocycles. The monoisotopic (exact) mass is 510 g/mol. The number of benzene rings is 3. The Hall–Kier alpha value is -4.50. The van der Waals surface area contributed by atoms with Gasteiger partial charge >= 0.3 is 0 Å². The zero-order valence-corrected chi connectivity index (χ0v) is 20.3. The number of ether oxygens (including phenoxy) is 1. The van der Waals surface area contributed by atoms with Crippen LogP contribution in [0, 0.1) is 17.7 Å². The number of amides is 3. The van der Waals surface area contributed by atoms with E-state index in [1.54, 1.807) is 24.3 Å². The number of rotatable bonds is 4. The molecule has 7 rings (SSSR count). The summed E-state index contributed by atoms with van der Waals surface area (Å²) in [6, 6.07) is 18.0. The first-order valence-corrected chi connectivity index (χ1v) is 12.4. The van der Waals surface area contributed by atoms with E-state index in [4.69, 9.17) is 4.74 Å². The summed E-state index contributed by atoms with van der Waals surface area (Å²) < 4.78 is 19.8. The third-order valence-corrected chi connectivity index (χ3v) is 8.10. The van der Waals surface area contributed by atoms with Crippen LogP contribution in [0.15, 0.2) is 72.9 Å². The van der Waals surface area contributed by atoms with Gasteiger partial charge in [0.1, 0.15) is 17.1 Å². The number of para-hydroxylation sites is 1. The fraction of sp³-hybridized carbons (Fsp3) is 0.207. The predicted octanol–water partition coefficient (Wildman–Crippen LogP) is 3.48. The number of imide groups is 1. The van der Waals surface area contributed by atoms with E-state index in [1.807, 2.05) is 30.5 Å². The van der Waals surface area contributed by atoms with Crippen LogP contribution in [0.3, 0.4) is 0 Å². The largest absolute Gasteiger partial charge is 0.497 e. The highest BCUT2D eigenvalue weighted by Crippen LogP contribution is 2.54. The Bertz CT molecular complexity index is 1670. The van der Waals surface area contributed by atoms with Gasteiger partial charge in [-0.05, 0) is 48.4 Å². The molecule has 0 unspecified atom stereocenters. The van der Waals surface area contributed by atoms with Crippen molar-refractivity contribution in [3.63, 3.8) is 0 Å². The van der Waals surface area contributed by atoms with Crippen LogP contribution in [-0.4, -0.2) is 35.9 Å². The van der Waals surface area contributed by atoms with Gasteiger partial charge in [-0.3, -0.25) is 19.7 Å². The molecule has 3 aliphatic rings. The van der Waals surface area contributed by atoms with Crippen molar-refractivity contribution in [1.29, 1.82) is 0 Å². The quantitative estimate of drug-likeness (QED) is 0.365. The van der Waals surface area contributed by atoms with Gasteiger partial charge < -0.3 is 15.0 Å². The fourth-order valence-corrected chi connectivity index (χ4v) is 6.49. The van der Waals surface area contributed by atoms with Gasteiger partial charge in [-0.1, -0.05) is 24.3 Å². The number of methoxy groups -OCH3 is 1. The van der Waals surface area contributed by atoms with Gasteiger partial charge in [-0.25, -0.2) is 9.29 Å². The number of anilines is 2. The van der Waals surface area contributed by atoms with E-state index < -0.39 is 47.0 Å². The summed E-state index contributed by atoms with van der Waals surface area (Å²) in [5, 5.41) is 7.18. The van der Waals surface area contributed by atoms with E-state index in [1.165, 1.54) is 25.3 Å². The normalized spacial score (nSPS) is 25.8. The van der Waals surface area contributed by atoms with Crippen molar-refractivity contribution in [2.24, 2.45) is 11.8 Å². The maximum Gasteiger partial charge on any atom is 0.250 e. The first kappa shape index (κ1) is 22.7. The van der Waals surface area contributed by atoms with Crippen LogP contribution in [0.5, 0.6) is 5.75 Å². The lowest BCUT2D eigenvalue weighted by Crippen LogP contribution is -2.53. The van der Waals surface area contributed by atoms with E-state index >= 15 is 0 Å². The molecule has 38 heavy (non-hydrogen) atoms. The highest BCUT2D eigenvalue weighted by atomic mass is 19.1. The second-order valence-electron chi connectivity index (χ2n) is 9.98. The molecule has 1 spiro atoms. The Kier molecular flexibility index (Phi) is 4.77. The number of aromatic amines is 1. The number of hydrogen-bond donors (Lipinski definition) is 3. The first-order valence-electron chi connectivity index (χ1n) is 12.4. The van der Waals surface area contributed by atoms with Crippen molar-refractivity contribution in [1.82, 2.24) is 10.3 Å². The molecule has 0 aliphatic carbocycles. The average Bonchev–Trinajstić information content (AvgIpc) is 3.63. The number of nitrogens with one attached hydrogen (secondary N) is 3. The van der Waals surface area contributed by atoms with Crippen LogP contribution >= 0.6 is 0 Å². The van der Waals surface area contributed by atoms with Gasteiger partial charge in [0, 0.05) is 40.5 Å². The lowest BCUT2D eigenvalue weighted by Gasteiger charge is -2.29. The summed E-state index contributed by atoms with van der Waals surface area (Å²) in [6.45, 7) is 0. The van der Waals surface area contributed by atoms with Crippen molar-refractivity contribution >= 4 is 40.0 Å². The molecule has 4 atom stereocenters. The number of nitrogens with zero attached hydrogens (tertiary/aromatic N) is 1. The Morgan fingerprint density at radius 1 is 1.00 bits per heavy atom. The Labute approximate surface area is 216 Å². The number of halogens is 1. The summed E-state index contributed by atoms with van der Waals surface area (Å²) in [4.78, 5) is 46.2. The summed E-state index contributed by atoms with van der Waals surface area (Å²) in [7, 11) is 1.51. The van der Waals surface area contributed by atoms with Crippen LogP contribution < -0.4 is 20.3 Å². The topological polar surface area (TPSA) is 104 Å². The molecule has 9 heteroatoms. The van der Waals surface area contributed by atoms with Crippen LogP contribution in [0.4, 0.5) is 15.8 Å². The molecule has 0 radical (unpaired) electrons. The van der Waals surface area contributed by atoms with Crippen molar-refractivity contribution in [3.05, 3.63) is 89.9 Å². The van der Waals surface area contributed by atoms with Crippen molar-refractivity contribution in [3.8, 4) is 5.75 Å². The summed E-state index contributed by atoms with van der Waals surface area (Å²) in [6.07, 6.45) is 2.27. The molecule has 4 aromatic rings. The van der Waals surface area contributed by atoms with Crippen LogP contribution in [0.1, 0.15) is 11.1 Å². The summed E-state index contributed by atoms with van der Waals surface area (Å²) in [5.41, 5.74) is 1.45. The van der Waals surface area contributed by atoms with Crippen LogP contribution in [0.25, 0.3) is 10.9 Å². The smallest absolute Gasteiger partial charge is 0.250 e. The van der Waals surface area contributed by atoms with E-state index in [0.29, 0.717) is 29.1 Å². The number of aromatic nitrogens is 1. The van der Waals surface area contributed by atoms with Gasteiger partial charge in [0.2, 0.25) is 17.7 Å². The molecular weight excluding hydrogens is 487 g/mol. The molecule has 8 nitrogen and oxygen atoms in total. The van der Waals surface area contributed by atoms with Crippen LogP contribution in [-0.2, 0) is 26.3 Å². The molecular formula is C29H23FN4O4. The van der Waals surface area contributed by atoms with E-state index in [-0.39, 0.29) is 0 Å².